The molecule has 23 heavy (non-hydrogen) atoms. The second-order valence-corrected chi connectivity index (χ2v) is 6.39. The van der Waals surface area contributed by atoms with Gasteiger partial charge in [-0.2, -0.15) is 0 Å². The molecule has 0 bridgehead atoms. The van der Waals surface area contributed by atoms with Gasteiger partial charge in [0.2, 0.25) is 0 Å². The number of amides is 1. The fourth-order valence-corrected chi connectivity index (χ4v) is 2.24. The Hall–Kier alpha value is -2.04. The maximum atomic E-state index is 11.9. The lowest BCUT2D eigenvalue weighted by atomic mass is 10.0. The summed E-state index contributed by atoms with van der Waals surface area (Å²) in [6, 6.07) is 4.72. The molecule has 0 aromatic heterocycles. The molecular weight excluding hydrogens is 294 g/mol. The number of benzene rings is 1. The number of carbonyl (C=O) groups excluding carboxylic acids is 2. The van der Waals surface area contributed by atoms with Gasteiger partial charge in [-0.05, 0) is 43.9 Å². The molecule has 5 nitrogen and oxygen atoms in total. The molecule has 0 aliphatic heterocycles. The Bertz CT molecular complexity index is 540. The van der Waals surface area contributed by atoms with Gasteiger partial charge in [0.25, 0.3) is 5.91 Å². The molecule has 1 rings (SSSR count). The van der Waals surface area contributed by atoms with Crippen LogP contribution in [0.2, 0.25) is 0 Å². The first kappa shape index (κ1) is 19.0. The Labute approximate surface area is 138 Å². The van der Waals surface area contributed by atoms with E-state index in [2.05, 4.69) is 19.2 Å². The maximum absolute atomic E-state index is 11.9. The molecule has 1 aromatic carbocycles. The summed E-state index contributed by atoms with van der Waals surface area (Å²) in [6.07, 6.45) is 3.08. The van der Waals surface area contributed by atoms with Gasteiger partial charge >= 0.3 is 5.97 Å². The minimum atomic E-state index is -0.704. The fourth-order valence-electron chi connectivity index (χ4n) is 2.24. The second-order valence-electron chi connectivity index (χ2n) is 6.39. The van der Waals surface area contributed by atoms with Gasteiger partial charge in [0.1, 0.15) is 11.3 Å². The van der Waals surface area contributed by atoms with Crippen LogP contribution < -0.4 is 5.32 Å². The quantitative estimate of drug-likeness (QED) is 0.721. The summed E-state index contributed by atoms with van der Waals surface area (Å²) >= 11 is 0. The monoisotopic (exact) mass is 321 g/mol. The molecular formula is C18H27NO4. The first-order valence-electron chi connectivity index (χ1n) is 8.05. The Morgan fingerprint density at radius 3 is 2.52 bits per heavy atom. The van der Waals surface area contributed by atoms with Crippen molar-refractivity contribution in [3.8, 4) is 5.75 Å². The lowest BCUT2D eigenvalue weighted by Crippen LogP contribution is -2.35. The number of hydrogen-bond acceptors (Lipinski definition) is 4. The Morgan fingerprint density at radius 2 is 1.91 bits per heavy atom. The molecule has 128 valence electrons. The van der Waals surface area contributed by atoms with Gasteiger partial charge in [-0.1, -0.05) is 32.8 Å². The lowest BCUT2D eigenvalue weighted by Gasteiger charge is -2.14. The van der Waals surface area contributed by atoms with Crippen LogP contribution in [0.15, 0.2) is 18.2 Å². The molecule has 5 heteroatoms. The van der Waals surface area contributed by atoms with E-state index in [9.17, 15) is 14.7 Å². The number of hydrogen-bond donors (Lipinski definition) is 2. The highest BCUT2D eigenvalue weighted by molar-refractivity contribution is 5.93. The molecule has 0 aliphatic carbocycles. The first-order chi connectivity index (χ1) is 10.8. The van der Waals surface area contributed by atoms with Gasteiger partial charge in [0.15, 0.2) is 6.61 Å². The number of phenolic OH excluding ortho intramolecular Hbond substituents is 1. The third kappa shape index (κ3) is 7.17. The highest BCUT2D eigenvalue weighted by atomic mass is 16.5. The van der Waals surface area contributed by atoms with Crippen LogP contribution in [0.3, 0.4) is 0 Å². The zero-order chi connectivity index (χ0) is 17.4. The van der Waals surface area contributed by atoms with E-state index in [0.717, 1.165) is 24.8 Å². The van der Waals surface area contributed by atoms with Gasteiger partial charge in [-0.15, -0.1) is 0 Å². The van der Waals surface area contributed by atoms with Crippen molar-refractivity contribution < 1.29 is 19.4 Å². The molecule has 0 aliphatic rings. The van der Waals surface area contributed by atoms with Crippen molar-refractivity contribution in [1.82, 2.24) is 5.32 Å². The van der Waals surface area contributed by atoms with Gasteiger partial charge in [-0.25, -0.2) is 4.79 Å². The summed E-state index contributed by atoms with van der Waals surface area (Å²) in [5.41, 5.74) is 0.903. The topological polar surface area (TPSA) is 75.6 Å². The van der Waals surface area contributed by atoms with Crippen molar-refractivity contribution in [1.29, 1.82) is 0 Å². The van der Waals surface area contributed by atoms with E-state index >= 15 is 0 Å². The molecule has 0 saturated heterocycles. The normalized spacial score (nSPS) is 12.0. The van der Waals surface area contributed by atoms with E-state index in [1.165, 1.54) is 12.1 Å². The van der Waals surface area contributed by atoms with Crippen LogP contribution in [0.4, 0.5) is 0 Å². The van der Waals surface area contributed by atoms with Gasteiger partial charge in [0.05, 0.1) is 0 Å². The largest absolute Gasteiger partial charge is 0.507 e. The number of aromatic hydroxyl groups is 1. The number of phenols is 1. The van der Waals surface area contributed by atoms with Crippen LogP contribution in [0, 0.1) is 12.8 Å². The predicted molar refractivity (Wildman–Crippen MR) is 89.4 cm³/mol. The van der Waals surface area contributed by atoms with Crippen LogP contribution >= 0.6 is 0 Å². The van der Waals surface area contributed by atoms with E-state index in [1.54, 1.807) is 6.07 Å². The summed E-state index contributed by atoms with van der Waals surface area (Å²) in [7, 11) is 0. The predicted octanol–water partition coefficient (Wildman–Crippen LogP) is 3.19. The highest BCUT2D eigenvalue weighted by Gasteiger charge is 2.15. The molecule has 0 fully saturated rings. The van der Waals surface area contributed by atoms with Crippen LogP contribution in [-0.4, -0.2) is 29.6 Å². The Balaban J connectivity index is 2.36. The third-order valence-corrected chi connectivity index (χ3v) is 3.53. The molecule has 1 aromatic rings. The minimum absolute atomic E-state index is 0.0488. The number of rotatable bonds is 8. The van der Waals surface area contributed by atoms with Crippen molar-refractivity contribution in [2.45, 2.75) is 53.0 Å². The Kier molecular flexibility index (Phi) is 7.59. The second kappa shape index (κ2) is 9.18. The van der Waals surface area contributed by atoms with E-state index in [0.29, 0.717) is 5.92 Å². The van der Waals surface area contributed by atoms with Crippen molar-refractivity contribution in [2.75, 3.05) is 6.61 Å². The number of nitrogens with one attached hydrogen (secondary N) is 1. The summed E-state index contributed by atoms with van der Waals surface area (Å²) in [4.78, 5) is 23.6. The van der Waals surface area contributed by atoms with E-state index < -0.39 is 5.97 Å². The summed E-state index contributed by atoms with van der Waals surface area (Å²) < 4.78 is 4.94. The smallest absolute Gasteiger partial charge is 0.342 e. The van der Waals surface area contributed by atoms with E-state index in [1.807, 2.05) is 13.8 Å². The van der Waals surface area contributed by atoms with Crippen molar-refractivity contribution >= 4 is 11.9 Å². The Morgan fingerprint density at radius 1 is 1.22 bits per heavy atom. The zero-order valence-corrected chi connectivity index (χ0v) is 14.4. The van der Waals surface area contributed by atoms with Crippen molar-refractivity contribution in [2.24, 2.45) is 5.92 Å². The fraction of sp³-hybridized carbons (Fsp3) is 0.556. The average molecular weight is 321 g/mol. The minimum Gasteiger partial charge on any atom is -0.507 e. The van der Waals surface area contributed by atoms with E-state index in [4.69, 9.17) is 4.74 Å². The summed E-state index contributed by atoms with van der Waals surface area (Å²) in [5, 5.41) is 12.5. The third-order valence-electron chi connectivity index (χ3n) is 3.53. The van der Waals surface area contributed by atoms with Crippen LogP contribution in [0.25, 0.3) is 0 Å². The maximum Gasteiger partial charge on any atom is 0.342 e. The highest BCUT2D eigenvalue weighted by Crippen LogP contribution is 2.19. The van der Waals surface area contributed by atoms with E-state index in [-0.39, 0.29) is 29.9 Å². The SMILES string of the molecule is Cc1ccc(C(=O)OCC(=O)N[C@H](C)CCCC(C)C)c(O)c1. The zero-order valence-electron chi connectivity index (χ0n) is 14.4. The van der Waals surface area contributed by atoms with Gasteiger partial charge < -0.3 is 15.2 Å². The molecule has 1 amide bonds. The molecule has 0 unspecified atom stereocenters. The molecule has 0 heterocycles. The van der Waals surface area contributed by atoms with Crippen LogP contribution in [-0.2, 0) is 9.53 Å². The van der Waals surface area contributed by atoms with Crippen molar-refractivity contribution in [3.05, 3.63) is 29.3 Å². The summed E-state index contributed by atoms with van der Waals surface area (Å²) in [6.45, 7) is 7.74. The van der Waals surface area contributed by atoms with Crippen LogP contribution in [0.1, 0.15) is 56.0 Å². The summed E-state index contributed by atoms with van der Waals surface area (Å²) in [5.74, 6) is -0.523. The number of aryl methyl sites for hydroxylation is 1. The molecule has 2 N–H and O–H groups in total. The number of esters is 1. The van der Waals surface area contributed by atoms with Gasteiger partial charge in [-0.3, -0.25) is 4.79 Å². The lowest BCUT2D eigenvalue weighted by molar-refractivity contribution is -0.124. The number of carbonyl (C=O) groups is 2. The first-order valence-corrected chi connectivity index (χ1v) is 8.05. The molecule has 0 radical (unpaired) electrons. The van der Waals surface area contributed by atoms with Crippen LogP contribution in [0.5, 0.6) is 5.75 Å². The average Bonchev–Trinajstić information content (AvgIpc) is 2.44. The standard InChI is InChI=1S/C18H27NO4/c1-12(2)6-5-7-14(4)19-17(21)11-23-18(22)15-9-8-13(3)10-16(15)20/h8-10,12,14,20H,5-7,11H2,1-4H3,(H,19,21)/t14-/m1/s1. The van der Waals surface area contributed by atoms with Crippen molar-refractivity contribution in [3.63, 3.8) is 0 Å². The number of ether oxygens (including phenoxy) is 1. The molecule has 0 spiro atoms. The molecule has 0 saturated carbocycles. The molecule has 1 atom stereocenters. The van der Waals surface area contributed by atoms with Gasteiger partial charge in [0, 0.05) is 6.04 Å².